The Morgan fingerprint density at radius 3 is 2.40 bits per heavy atom. The normalized spacial score (nSPS) is 15.8. The summed E-state index contributed by atoms with van der Waals surface area (Å²) in [5, 5.41) is 11.8. The third-order valence-electron chi connectivity index (χ3n) is 3.95. The second-order valence-corrected chi connectivity index (χ2v) is 5.86. The number of rotatable bonds is 10. The van der Waals surface area contributed by atoms with Crippen LogP contribution in [0.2, 0.25) is 0 Å². The number of allylic oxidation sites excluding steroid dienone is 3. The van der Waals surface area contributed by atoms with Gasteiger partial charge in [0, 0.05) is 43.0 Å². The van der Waals surface area contributed by atoms with Crippen LogP contribution in [0.4, 0.5) is 4.39 Å². The first-order chi connectivity index (χ1) is 14.4. The van der Waals surface area contributed by atoms with Gasteiger partial charge in [-0.1, -0.05) is 40.3 Å². The van der Waals surface area contributed by atoms with E-state index in [1.165, 1.54) is 6.08 Å². The minimum Gasteiger partial charge on any atom is -0.385 e. The third-order valence-corrected chi connectivity index (χ3v) is 3.95. The summed E-state index contributed by atoms with van der Waals surface area (Å²) in [5.41, 5.74) is 2.42. The molecule has 0 bridgehead atoms. The summed E-state index contributed by atoms with van der Waals surface area (Å²) in [6, 6.07) is 0. The minimum atomic E-state index is -0.589. The van der Waals surface area contributed by atoms with Crippen molar-refractivity contribution < 1.29 is 14.0 Å². The summed E-state index contributed by atoms with van der Waals surface area (Å²) in [6.45, 7) is 15.8. The van der Waals surface area contributed by atoms with E-state index in [0.717, 1.165) is 18.8 Å². The van der Waals surface area contributed by atoms with Crippen LogP contribution >= 0.6 is 0 Å². The zero-order valence-corrected chi connectivity index (χ0v) is 19.0. The SMILES string of the molecule is C#C.C=C(F)/C=C1\CNC(=O)\C1=C/CN/C(C)=C(\CC)C(=O)NCCNCC.CC. The van der Waals surface area contributed by atoms with Crippen molar-refractivity contribution in [1.82, 2.24) is 21.3 Å². The Bertz CT molecular complexity index is 676. The first-order valence-corrected chi connectivity index (χ1v) is 10.2. The molecule has 30 heavy (non-hydrogen) atoms. The minimum absolute atomic E-state index is 0.101. The number of nitrogens with one attached hydrogen (secondary N) is 4. The lowest BCUT2D eigenvalue weighted by Gasteiger charge is -2.12. The molecule has 168 valence electrons. The highest BCUT2D eigenvalue weighted by Gasteiger charge is 2.21. The number of carbonyl (C=O) groups excluding carboxylic acids is 2. The van der Waals surface area contributed by atoms with Crippen LogP contribution in [0.15, 0.2) is 47.0 Å². The van der Waals surface area contributed by atoms with Gasteiger partial charge in [0.15, 0.2) is 0 Å². The maximum Gasteiger partial charge on any atom is 0.251 e. The predicted octanol–water partition coefficient (Wildman–Crippen LogP) is 2.73. The highest BCUT2D eigenvalue weighted by atomic mass is 19.1. The summed E-state index contributed by atoms with van der Waals surface area (Å²) in [5.74, 6) is -0.928. The van der Waals surface area contributed by atoms with Crippen LogP contribution in [0, 0.1) is 12.8 Å². The molecule has 0 aromatic heterocycles. The van der Waals surface area contributed by atoms with Crippen LogP contribution in [-0.2, 0) is 9.59 Å². The summed E-state index contributed by atoms with van der Waals surface area (Å²) in [4.78, 5) is 24.1. The molecule has 0 atom stereocenters. The Kier molecular flexibility index (Phi) is 17.8. The molecular formula is C23H37FN4O2. The molecule has 1 saturated heterocycles. The van der Waals surface area contributed by atoms with Crippen LogP contribution in [0.3, 0.4) is 0 Å². The van der Waals surface area contributed by atoms with E-state index in [4.69, 9.17) is 0 Å². The summed E-state index contributed by atoms with van der Waals surface area (Å²) < 4.78 is 13.0. The number of likely N-dealkylation sites (N-methyl/N-ethyl adjacent to an activating group) is 1. The van der Waals surface area contributed by atoms with Crippen LogP contribution < -0.4 is 21.3 Å². The van der Waals surface area contributed by atoms with Gasteiger partial charge >= 0.3 is 0 Å². The molecule has 0 aromatic rings. The van der Waals surface area contributed by atoms with E-state index < -0.39 is 5.83 Å². The van der Waals surface area contributed by atoms with Crippen LogP contribution in [0.25, 0.3) is 0 Å². The number of hydrogen-bond donors (Lipinski definition) is 4. The van der Waals surface area contributed by atoms with Gasteiger partial charge < -0.3 is 21.3 Å². The molecule has 0 aromatic carbocycles. The van der Waals surface area contributed by atoms with Gasteiger partial charge in [-0.15, -0.1) is 12.8 Å². The van der Waals surface area contributed by atoms with Gasteiger partial charge in [0.1, 0.15) is 5.83 Å². The topological polar surface area (TPSA) is 82.3 Å². The molecule has 0 aliphatic carbocycles. The van der Waals surface area contributed by atoms with E-state index in [2.05, 4.69) is 40.7 Å². The summed E-state index contributed by atoms with van der Waals surface area (Å²) in [6.07, 6.45) is 11.5. The van der Waals surface area contributed by atoms with E-state index in [-0.39, 0.29) is 18.4 Å². The molecule has 1 rings (SSSR count). The molecule has 0 radical (unpaired) electrons. The van der Waals surface area contributed by atoms with E-state index in [1.807, 2.05) is 34.6 Å². The zero-order valence-electron chi connectivity index (χ0n) is 19.0. The monoisotopic (exact) mass is 420 g/mol. The van der Waals surface area contributed by atoms with Crippen molar-refractivity contribution in [2.24, 2.45) is 0 Å². The smallest absolute Gasteiger partial charge is 0.251 e. The van der Waals surface area contributed by atoms with Crippen molar-refractivity contribution in [2.75, 3.05) is 32.7 Å². The van der Waals surface area contributed by atoms with Gasteiger partial charge in [0.2, 0.25) is 5.91 Å². The van der Waals surface area contributed by atoms with Crippen molar-refractivity contribution in [1.29, 1.82) is 0 Å². The number of carbonyl (C=O) groups is 2. The van der Waals surface area contributed by atoms with E-state index in [1.54, 1.807) is 6.08 Å². The average molecular weight is 421 g/mol. The van der Waals surface area contributed by atoms with E-state index in [0.29, 0.717) is 36.2 Å². The maximum atomic E-state index is 13.0. The largest absolute Gasteiger partial charge is 0.385 e. The molecule has 4 N–H and O–H groups in total. The van der Waals surface area contributed by atoms with Gasteiger partial charge in [-0.05, 0) is 31.5 Å². The standard InChI is InChI=1S/C19H29FN4O2.C2H6.C2H2/c1-5-16(18(25)23-10-9-21-6-2)14(4)22-8-7-17-15(11-13(3)20)12-24-19(17)26;2*1-2/h7,11,21-22H,3,5-6,8-10,12H2,1-2,4H3,(H,23,25)(H,24,26);1-2H3;1-2H/b15-11+,16-14+,17-7-;;. The van der Waals surface area contributed by atoms with Crippen molar-refractivity contribution in [3.63, 3.8) is 0 Å². The first-order valence-electron chi connectivity index (χ1n) is 10.2. The second kappa shape index (κ2) is 18.2. The first kappa shape index (κ1) is 29.4. The van der Waals surface area contributed by atoms with Gasteiger partial charge in [-0.25, -0.2) is 4.39 Å². The fourth-order valence-corrected chi connectivity index (χ4v) is 2.61. The number of hydrogen-bond acceptors (Lipinski definition) is 4. The summed E-state index contributed by atoms with van der Waals surface area (Å²) >= 11 is 0. The Balaban J connectivity index is 0. The molecule has 0 spiro atoms. The third kappa shape index (κ3) is 11.2. The lowest BCUT2D eigenvalue weighted by Crippen LogP contribution is -2.33. The molecule has 1 aliphatic heterocycles. The molecule has 2 amide bonds. The van der Waals surface area contributed by atoms with Crippen LogP contribution in [0.1, 0.15) is 41.0 Å². The molecule has 0 saturated carbocycles. The van der Waals surface area contributed by atoms with Crippen molar-refractivity contribution in [3.8, 4) is 12.8 Å². The quantitative estimate of drug-likeness (QED) is 0.249. The molecule has 1 heterocycles. The van der Waals surface area contributed by atoms with Gasteiger partial charge in [0.05, 0.1) is 0 Å². The van der Waals surface area contributed by atoms with Crippen LogP contribution in [-0.4, -0.2) is 44.5 Å². The van der Waals surface area contributed by atoms with Gasteiger partial charge in [0.25, 0.3) is 5.91 Å². The lowest BCUT2D eigenvalue weighted by atomic mass is 10.1. The number of halogens is 1. The Morgan fingerprint density at radius 2 is 1.87 bits per heavy atom. The number of amides is 2. The zero-order chi connectivity index (χ0) is 23.5. The maximum absolute atomic E-state index is 13.0. The molecule has 6 nitrogen and oxygen atoms in total. The fourth-order valence-electron chi connectivity index (χ4n) is 2.61. The highest BCUT2D eigenvalue weighted by Crippen LogP contribution is 2.18. The Hall–Kier alpha value is -2.85. The summed E-state index contributed by atoms with van der Waals surface area (Å²) in [7, 11) is 0. The van der Waals surface area contributed by atoms with E-state index >= 15 is 0 Å². The Labute approximate surface area is 181 Å². The second-order valence-electron chi connectivity index (χ2n) is 5.86. The van der Waals surface area contributed by atoms with Crippen molar-refractivity contribution >= 4 is 11.8 Å². The van der Waals surface area contributed by atoms with Crippen LogP contribution in [0.5, 0.6) is 0 Å². The Morgan fingerprint density at radius 1 is 1.23 bits per heavy atom. The molecule has 1 fully saturated rings. The highest BCUT2D eigenvalue weighted by molar-refractivity contribution is 6.01. The van der Waals surface area contributed by atoms with Crippen molar-refractivity contribution in [2.45, 2.75) is 41.0 Å². The average Bonchev–Trinajstić information content (AvgIpc) is 3.08. The molecule has 1 aliphatic rings. The van der Waals surface area contributed by atoms with E-state index in [9.17, 15) is 14.0 Å². The molecule has 7 heteroatoms. The van der Waals surface area contributed by atoms with Crippen molar-refractivity contribution in [3.05, 3.63) is 47.0 Å². The van der Waals surface area contributed by atoms with Gasteiger partial charge in [-0.2, -0.15) is 0 Å². The fraction of sp³-hybridized carbons (Fsp3) is 0.478. The molecule has 0 unspecified atom stereocenters. The number of terminal acetylenes is 1. The predicted molar refractivity (Wildman–Crippen MR) is 123 cm³/mol. The molecular weight excluding hydrogens is 383 g/mol. The van der Waals surface area contributed by atoms with Gasteiger partial charge in [-0.3, -0.25) is 9.59 Å². The lowest BCUT2D eigenvalue weighted by molar-refractivity contribution is -0.118.